The number of halogens is 8. The van der Waals surface area contributed by atoms with Crippen molar-refractivity contribution < 1.29 is 48.3 Å². The van der Waals surface area contributed by atoms with E-state index >= 15 is 0 Å². The molecule has 0 radical (unpaired) electrons. The molecule has 2 aliphatic rings. The van der Waals surface area contributed by atoms with Gasteiger partial charge in [-0.2, -0.15) is 26.3 Å². The molecular weight excluding hydrogens is 548 g/mol. The zero-order valence-electron chi connectivity index (χ0n) is 19.8. The highest BCUT2D eigenvalue weighted by molar-refractivity contribution is 7.92. The van der Waals surface area contributed by atoms with Crippen LogP contribution in [0.25, 0.3) is 0 Å². The number of alkyl halides is 7. The molecule has 1 heterocycles. The molecule has 0 saturated carbocycles. The highest BCUT2D eigenvalue weighted by atomic mass is 32.2. The molecule has 2 aromatic rings. The van der Waals surface area contributed by atoms with Crippen molar-refractivity contribution in [2.75, 3.05) is 20.1 Å². The van der Waals surface area contributed by atoms with Crippen LogP contribution in [-0.4, -0.2) is 57.8 Å². The van der Waals surface area contributed by atoms with E-state index in [0.717, 1.165) is 30.3 Å². The third-order valence-electron chi connectivity index (χ3n) is 7.41. The molecule has 2 atom stereocenters. The smallest absolute Gasteiger partial charge is 0.358 e. The van der Waals surface area contributed by atoms with Crippen LogP contribution < -0.4 is 5.32 Å². The molecule has 2 aromatic carbocycles. The van der Waals surface area contributed by atoms with Gasteiger partial charge >= 0.3 is 18.0 Å². The lowest BCUT2D eigenvalue weighted by Crippen LogP contribution is -2.53. The van der Waals surface area contributed by atoms with Gasteiger partial charge in [0.05, 0.1) is 11.4 Å². The van der Waals surface area contributed by atoms with Gasteiger partial charge in [-0.05, 0) is 54.7 Å². The maximum atomic E-state index is 14.8. The van der Waals surface area contributed by atoms with Crippen molar-refractivity contribution in [1.82, 2.24) is 10.2 Å². The second-order valence-electron chi connectivity index (χ2n) is 9.32. The number of nitrogens with zero attached hydrogens (tertiary/aromatic N) is 1. The Hall–Kier alpha value is -2.74. The predicted octanol–water partition coefficient (Wildman–Crippen LogP) is 4.55. The number of carbonyl (C=O) groups excluding carboxylic acids is 1. The van der Waals surface area contributed by atoms with Crippen LogP contribution in [0.3, 0.4) is 0 Å². The van der Waals surface area contributed by atoms with Crippen LogP contribution in [0, 0.1) is 5.82 Å². The molecule has 1 fully saturated rings. The molecule has 1 aliphatic heterocycles. The van der Waals surface area contributed by atoms with E-state index in [1.165, 1.54) is 7.05 Å². The quantitative estimate of drug-likeness (QED) is 0.423. The Kier molecular flexibility index (Phi) is 6.83. The lowest BCUT2D eigenvalue weighted by Gasteiger charge is -2.43. The van der Waals surface area contributed by atoms with Crippen molar-refractivity contribution in [2.45, 2.75) is 53.0 Å². The van der Waals surface area contributed by atoms with Gasteiger partial charge in [-0.1, -0.05) is 18.2 Å². The van der Waals surface area contributed by atoms with Gasteiger partial charge in [-0.15, -0.1) is 0 Å². The van der Waals surface area contributed by atoms with Crippen molar-refractivity contribution in [2.24, 2.45) is 0 Å². The first-order valence-electron chi connectivity index (χ1n) is 11.4. The van der Waals surface area contributed by atoms with Crippen LogP contribution in [0.5, 0.6) is 0 Å². The molecule has 38 heavy (non-hydrogen) atoms. The molecule has 1 N–H and O–H groups in total. The van der Waals surface area contributed by atoms with E-state index in [2.05, 4.69) is 5.32 Å². The molecule has 5 nitrogen and oxygen atoms in total. The monoisotopic (exact) mass is 570 g/mol. The lowest BCUT2D eigenvalue weighted by atomic mass is 9.77. The van der Waals surface area contributed by atoms with Crippen molar-refractivity contribution in [3.8, 4) is 0 Å². The molecule has 0 aromatic heterocycles. The number of nitrogens with one attached hydrogen (secondary N) is 1. The number of fused-ring (bicyclic) bond motifs is 3. The SMILES string of the molecule is CNC(=O)CN1CC[C@]2(S(=O)(=O)c3ccc(F)cc3)c3ccc(C(F)(C(F)(F)F)C(F)(F)F)cc3CC[C@H]12. The Morgan fingerprint density at radius 3 is 2.18 bits per heavy atom. The van der Waals surface area contributed by atoms with Crippen LogP contribution in [0.2, 0.25) is 0 Å². The third-order valence-corrected chi connectivity index (χ3v) is 9.95. The summed E-state index contributed by atoms with van der Waals surface area (Å²) in [5, 5.41) is 2.42. The number of hydrogen-bond acceptors (Lipinski definition) is 4. The van der Waals surface area contributed by atoms with Crippen molar-refractivity contribution >= 4 is 15.7 Å². The molecular formula is C24H22F8N2O3S. The number of likely N-dealkylation sites (tertiary alicyclic amines) is 1. The molecule has 1 aliphatic carbocycles. The molecule has 1 amide bonds. The summed E-state index contributed by atoms with van der Waals surface area (Å²) in [6.45, 7) is -0.136. The number of carbonyl (C=O) groups is 1. The zero-order valence-corrected chi connectivity index (χ0v) is 20.6. The van der Waals surface area contributed by atoms with Crippen LogP contribution in [0.15, 0.2) is 47.4 Å². The summed E-state index contributed by atoms with van der Waals surface area (Å²) in [4.78, 5) is 13.4. The first-order chi connectivity index (χ1) is 17.5. The van der Waals surface area contributed by atoms with E-state index in [9.17, 15) is 48.3 Å². The number of rotatable bonds is 5. The maximum absolute atomic E-state index is 14.8. The second kappa shape index (κ2) is 9.18. The van der Waals surface area contributed by atoms with Crippen molar-refractivity contribution in [3.05, 3.63) is 65.0 Å². The van der Waals surface area contributed by atoms with E-state index in [4.69, 9.17) is 0 Å². The molecule has 0 spiro atoms. The molecule has 14 heteroatoms. The van der Waals surface area contributed by atoms with Crippen LogP contribution in [-0.2, 0) is 31.5 Å². The van der Waals surface area contributed by atoms with Gasteiger partial charge in [0.15, 0.2) is 9.84 Å². The van der Waals surface area contributed by atoms with E-state index < -0.39 is 55.9 Å². The molecule has 0 bridgehead atoms. The summed E-state index contributed by atoms with van der Waals surface area (Å²) < 4.78 is 135. The van der Waals surface area contributed by atoms with E-state index in [1.54, 1.807) is 4.90 Å². The average Bonchev–Trinajstić information content (AvgIpc) is 3.22. The van der Waals surface area contributed by atoms with Crippen molar-refractivity contribution in [3.63, 3.8) is 0 Å². The highest BCUT2D eigenvalue weighted by Gasteiger charge is 2.73. The van der Waals surface area contributed by atoms with E-state index in [-0.39, 0.29) is 48.4 Å². The van der Waals surface area contributed by atoms with E-state index in [1.807, 2.05) is 0 Å². The molecule has 4 rings (SSSR count). The largest absolute Gasteiger partial charge is 0.435 e. The Balaban J connectivity index is 1.93. The highest BCUT2D eigenvalue weighted by Crippen LogP contribution is 2.56. The van der Waals surface area contributed by atoms with Gasteiger partial charge in [-0.3, -0.25) is 9.69 Å². The number of amides is 1. The van der Waals surface area contributed by atoms with Gasteiger partial charge in [0.25, 0.3) is 0 Å². The van der Waals surface area contributed by atoms with Gasteiger partial charge in [0, 0.05) is 25.2 Å². The number of sulfone groups is 1. The second-order valence-corrected chi connectivity index (χ2v) is 11.5. The zero-order chi connectivity index (χ0) is 28.3. The summed E-state index contributed by atoms with van der Waals surface area (Å²) in [7, 11) is -3.07. The fourth-order valence-corrected chi connectivity index (χ4v) is 7.99. The van der Waals surface area contributed by atoms with Gasteiger partial charge in [0.2, 0.25) is 5.91 Å². The fourth-order valence-electron chi connectivity index (χ4n) is 5.60. The summed E-state index contributed by atoms with van der Waals surface area (Å²) in [6, 6.07) is 4.50. The molecule has 1 saturated heterocycles. The lowest BCUT2D eigenvalue weighted by molar-refractivity contribution is -0.348. The number of hydrogen-bond donors (Lipinski definition) is 1. The normalized spacial score (nSPS) is 22.6. The van der Waals surface area contributed by atoms with E-state index in [0.29, 0.717) is 12.1 Å². The average molecular weight is 571 g/mol. The third kappa shape index (κ3) is 4.07. The summed E-state index contributed by atoms with van der Waals surface area (Å²) in [5.74, 6) is -1.16. The maximum Gasteiger partial charge on any atom is 0.435 e. The summed E-state index contributed by atoms with van der Waals surface area (Å²) in [5.41, 5.74) is -7.63. The van der Waals surface area contributed by atoms with Crippen LogP contribution in [0.4, 0.5) is 35.1 Å². The Labute approximate surface area is 212 Å². The number of benzene rings is 2. The minimum Gasteiger partial charge on any atom is -0.358 e. The minimum atomic E-state index is -6.33. The predicted molar refractivity (Wildman–Crippen MR) is 119 cm³/mol. The Morgan fingerprint density at radius 1 is 1.03 bits per heavy atom. The van der Waals surface area contributed by atoms with Gasteiger partial charge in [-0.25, -0.2) is 17.2 Å². The number of likely N-dealkylation sites (N-methyl/N-ethyl adjacent to an activating group) is 1. The first-order valence-corrected chi connectivity index (χ1v) is 12.9. The minimum absolute atomic E-state index is 0.0504. The summed E-state index contributed by atoms with van der Waals surface area (Å²) in [6.07, 6.45) is -13.0. The first kappa shape index (κ1) is 28.3. The topological polar surface area (TPSA) is 66.5 Å². The van der Waals surface area contributed by atoms with Crippen LogP contribution >= 0.6 is 0 Å². The van der Waals surface area contributed by atoms with Gasteiger partial charge < -0.3 is 5.32 Å². The fraction of sp³-hybridized carbons (Fsp3) is 0.458. The molecule has 208 valence electrons. The van der Waals surface area contributed by atoms with Crippen molar-refractivity contribution in [1.29, 1.82) is 0 Å². The van der Waals surface area contributed by atoms with Crippen LogP contribution in [0.1, 0.15) is 29.5 Å². The number of aryl methyl sites for hydroxylation is 1. The summed E-state index contributed by atoms with van der Waals surface area (Å²) >= 11 is 0. The Bertz CT molecular complexity index is 1330. The molecule has 0 unspecified atom stereocenters. The Morgan fingerprint density at radius 2 is 1.63 bits per heavy atom. The van der Waals surface area contributed by atoms with Gasteiger partial charge in [0.1, 0.15) is 10.6 Å². The standard InChI is InChI=1S/C24H22F8N2O3S/c1-33-20(35)13-34-11-10-21(38(36,37)17-6-4-16(25)5-7-17)18-8-3-15(12-14(18)2-9-19(21)34)22(26,23(27,28)29)24(30,31)32/h3-8,12,19H,2,9-11,13H2,1H3,(H,33,35)/t19-,21-/m0/s1.